The molecule has 0 heterocycles. The Labute approximate surface area is 169 Å². The van der Waals surface area contributed by atoms with Gasteiger partial charge in [-0.15, -0.1) is 6.58 Å². The van der Waals surface area contributed by atoms with Crippen LogP contribution in [-0.4, -0.2) is 12.6 Å². The average Bonchev–Trinajstić information content (AvgIpc) is 2.69. The smallest absolute Gasteiger partial charge is 0.313 e. The van der Waals surface area contributed by atoms with E-state index in [1.54, 1.807) is 0 Å². The third-order valence-corrected chi connectivity index (χ3v) is 4.58. The lowest BCUT2D eigenvalue weighted by Crippen LogP contribution is -2.13. The molecule has 3 heteroatoms. The van der Waals surface area contributed by atoms with Gasteiger partial charge in [0.05, 0.1) is 12.5 Å². The summed E-state index contributed by atoms with van der Waals surface area (Å²) in [4.78, 5) is 12.4. The molecule has 28 heavy (non-hydrogen) atoms. The number of hydrogen-bond donors (Lipinski definition) is 0. The lowest BCUT2D eigenvalue weighted by molar-refractivity contribution is -0.146. The molecule has 3 nitrogen and oxygen atoms in total. The zero-order chi connectivity index (χ0) is 20.4. The summed E-state index contributed by atoms with van der Waals surface area (Å²) >= 11 is 0. The van der Waals surface area contributed by atoms with E-state index >= 15 is 0 Å². The average molecular weight is 381 g/mol. The van der Waals surface area contributed by atoms with Crippen LogP contribution in [0.25, 0.3) is 0 Å². The second-order valence-electron chi connectivity index (χ2n) is 7.60. The third-order valence-electron chi connectivity index (χ3n) is 4.58. The van der Waals surface area contributed by atoms with Gasteiger partial charge in [-0.25, -0.2) is 0 Å². The Balaban J connectivity index is 1.86. The first-order chi connectivity index (χ1) is 13.5. The van der Waals surface area contributed by atoms with Crippen LogP contribution in [0.1, 0.15) is 56.2 Å². The predicted octanol–water partition coefficient (Wildman–Crippen LogP) is 6.08. The molecule has 0 aliphatic heterocycles. The van der Waals surface area contributed by atoms with E-state index in [1.165, 1.54) is 5.56 Å². The fourth-order valence-electron chi connectivity index (χ4n) is 2.97. The summed E-state index contributed by atoms with van der Waals surface area (Å²) in [5, 5.41) is 0. The number of unbranched alkanes of at least 4 members (excludes halogenated alkanes) is 1. The summed E-state index contributed by atoms with van der Waals surface area (Å²) in [5.41, 5.74) is 3.20. The Morgan fingerprint density at radius 3 is 2.50 bits per heavy atom. The minimum Gasteiger partial charge on any atom is -0.494 e. The summed E-state index contributed by atoms with van der Waals surface area (Å²) in [7, 11) is 0. The lowest BCUT2D eigenvalue weighted by Gasteiger charge is -2.13. The van der Waals surface area contributed by atoms with Crippen molar-refractivity contribution in [1.29, 1.82) is 0 Å². The van der Waals surface area contributed by atoms with Crippen molar-refractivity contribution in [2.24, 2.45) is 5.92 Å². The zero-order valence-electron chi connectivity index (χ0n) is 17.3. The van der Waals surface area contributed by atoms with Crippen molar-refractivity contribution in [3.8, 4) is 5.75 Å². The highest BCUT2D eigenvalue weighted by atomic mass is 16.5. The molecule has 2 aromatic carbocycles. The topological polar surface area (TPSA) is 35.5 Å². The van der Waals surface area contributed by atoms with Crippen molar-refractivity contribution in [1.82, 2.24) is 0 Å². The van der Waals surface area contributed by atoms with Gasteiger partial charge in [-0.05, 0) is 60.9 Å². The van der Waals surface area contributed by atoms with E-state index in [2.05, 4.69) is 32.6 Å². The Morgan fingerprint density at radius 1 is 1.07 bits per heavy atom. The van der Waals surface area contributed by atoms with E-state index in [-0.39, 0.29) is 18.5 Å². The van der Waals surface area contributed by atoms with Crippen LogP contribution in [0, 0.1) is 5.92 Å². The molecule has 2 aromatic rings. The Kier molecular flexibility index (Phi) is 8.80. The zero-order valence-corrected chi connectivity index (χ0v) is 17.3. The first-order valence-corrected chi connectivity index (χ1v) is 10.1. The van der Waals surface area contributed by atoms with Crippen LogP contribution in [0.5, 0.6) is 5.75 Å². The largest absolute Gasteiger partial charge is 0.494 e. The van der Waals surface area contributed by atoms with E-state index in [1.807, 2.05) is 49.4 Å². The van der Waals surface area contributed by atoms with Crippen LogP contribution in [0.3, 0.4) is 0 Å². The number of hydrogen-bond acceptors (Lipinski definition) is 3. The molecule has 0 fully saturated rings. The number of ether oxygens (including phenoxy) is 2. The van der Waals surface area contributed by atoms with Crippen molar-refractivity contribution in [2.45, 2.75) is 52.6 Å². The molecule has 150 valence electrons. The molecule has 0 aliphatic carbocycles. The number of esters is 1. The summed E-state index contributed by atoms with van der Waals surface area (Å²) in [6.07, 6.45) is 4.81. The third kappa shape index (κ3) is 7.22. The minimum absolute atomic E-state index is 0.214. The van der Waals surface area contributed by atoms with E-state index in [0.29, 0.717) is 12.5 Å². The number of rotatable bonds is 11. The van der Waals surface area contributed by atoms with Crippen molar-refractivity contribution < 1.29 is 14.3 Å². The molecule has 2 rings (SSSR count). The molecule has 1 unspecified atom stereocenters. The van der Waals surface area contributed by atoms with Gasteiger partial charge in [0, 0.05) is 0 Å². The number of allylic oxidation sites excluding steroid dienone is 1. The number of benzene rings is 2. The Hall–Kier alpha value is -2.55. The summed E-state index contributed by atoms with van der Waals surface area (Å²) in [5.74, 6) is 0.918. The summed E-state index contributed by atoms with van der Waals surface area (Å²) in [6.45, 7) is 10.9. The normalized spacial score (nSPS) is 11.9. The van der Waals surface area contributed by atoms with E-state index < -0.39 is 0 Å². The van der Waals surface area contributed by atoms with E-state index in [4.69, 9.17) is 9.47 Å². The lowest BCUT2D eigenvalue weighted by atomic mass is 9.97. The monoisotopic (exact) mass is 380 g/mol. The fourth-order valence-corrected chi connectivity index (χ4v) is 2.97. The Bertz CT molecular complexity index is 747. The quantitative estimate of drug-likeness (QED) is 0.269. The standard InChI is InChI=1S/C25H32O3/c1-5-6-7-15-27-24-10-8-9-22(17-24)18-28-25(26)20(4)23-13-11-21(12-14-23)16-19(2)3/h5,8-14,17,19-20H,1,6-7,15-16,18H2,2-4H3. The molecule has 0 spiro atoms. The molecule has 0 amide bonds. The van der Waals surface area contributed by atoms with Crippen molar-refractivity contribution in [3.63, 3.8) is 0 Å². The van der Waals surface area contributed by atoms with Crippen LogP contribution in [0.2, 0.25) is 0 Å². The van der Waals surface area contributed by atoms with Crippen LogP contribution in [0.15, 0.2) is 61.2 Å². The number of carbonyl (C=O) groups is 1. The Morgan fingerprint density at radius 2 is 1.82 bits per heavy atom. The maximum absolute atomic E-state index is 12.4. The second kappa shape index (κ2) is 11.3. The first-order valence-electron chi connectivity index (χ1n) is 10.1. The highest BCUT2D eigenvalue weighted by Gasteiger charge is 2.17. The molecule has 0 saturated heterocycles. The summed E-state index contributed by atoms with van der Waals surface area (Å²) < 4.78 is 11.3. The van der Waals surface area contributed by atoms with Crippen molar-refractivity contribution in [3.05, 3.63) is 77.9 Å². The highest BCUT2D eigenvalue weighted by molar-refractivity contribution is 5.77. The first kappa shape index (κ1) is 21.7. The molecule has 0 saturated carbocycles. The molecular formula is C25H32O3. The van der Waals surface area contributed by atoms with Crippen LogP contribution < -0.4 is 4.74 Å². The predicted molar refractivity (Wildman–Crippen MR) is 115 cm³/mol. The SMILES string of the molecule is C=CCCCOc1cccc(COC(=O)C(C)c2ccc(CC(C)C)cc2)c1. The van der Waals surface area contributed by atoms with Crippen LogP contribution >= 0.6 is 0 Å². The molecule has 0 N–H and O–H groups in total. The van der Waals surface area contributed by atoms with Gasteiger partial charge in [0.1, 0.15) is 12.4 Å². The van der Waals surface area contributed by atoms with Gasteiger partial charge in [0.2, 0.25) is 0 Å². The maximum atomic E-state index is 12.4. The van der Waals surface area contributed by atoms with Gasteiger partial charge in [-0.2, -0.15) is 0 Å². The van der Waals surface area contributed by atoms with E-state index in [0.717, 1.165) is 36.1 Å². The number of carbonyl (C=O) groups excluding carboxylic acids is 1. The molecule has 0 radical (unpaired) electrons. The van der Waals surface area contributed by atoms with Gasteiger partial charge in [-0.1, -0.05) is 56.3 Å². The van der Waals surface area contributed by atoms with Gasteiger partial charge < -0.3 is 9.47 Å². The van der Waals surface area contributed by atoms with Gasteiger partial charge in [-0.3, -0.25) is 4.79 Å². The second-order valence-corrected chi connectivity index (χ2v) is 7.60. The van der Waals surface area contributed by atoms with Gasteiger partial charge in [0.15, 0.2) is 0 Å². The molecule has 0 bridgehead atoms. The molecular weight excluding hydrogens is 348 g/mol. The van der Waals surface area contributed by atoms with E-state index in [9.17, 15) is 4.79 Å². The van der Waals surface area contributed by atoms with Crippen LogP contribution in [0.4, 0.5) is 0 Å². The van der Waals surface area contributed by atoms with Gasteiger partial charge >= 0.3 is 5.97 Å². The molecule has 1 atom stereocenters. The van der Waals surface area contributed by atoms with Crippen molar-refractivity contribution in [2.75, 3.05) is 6.61 Å². The van der Waals surface area contributed by atoms with Gasteiger partial charge in [0.25, 0.3) is 0 Å². The highest BCUT2D eigenvalue weighted by Crippen LogP contribution is 2.20. The molecule has 0 aromatic heterocycles. The van der Waals surface area contributed by atoms with Crippen LogP contribution in [-0.2, 0) is 22.6 Å². The maximum Gasteiger partial charge on any atom is 0.313 e. The minimum atomic E-state index is -0.286. The summed E-state index contributed by atoms with van der Waals surface area (Å²) in [6, 6.07) is 16.0. The van der Waals surface area contributed by atoms with Crippen molar-refractivity contribution >= 4 is 5.97 Å². The fraction of sp³-hybridized carbons (Fsp3) is 0.400. The molecule has 0 aliphatic rings.